The Morgan fingerprint density at radius 2 is 1.95 bits per heavy atom. The number of aliphatic carboxylic acids is 1. The zero-order chi connectivity index (χ0) is 15.9. The number of ether oxygens (including phenoxy) is 1. The molecule has 1 aliphatic carbocycles. The number of carbonyl (C=O) groups is 3. The first kappa shape index (κ1) is 17.2. The van der Waals surface area contributed by atoms with Gasteiger partial charge in [-0.15, -0.1) is 0 Å². The molecular formula is C13H23N3O5. The molecule has 0 aliphatic heterocycles. The number of methoxy groups -OCH3 is 1. The van der Waals surface area contributed by atoms with E-state index in [0.717, 1.165) is 6.42 Å². The van der Waals surface area contributed by atoms with Gasteiger partial charge < -0.3 is 25.8 Å². The molecule has 1 aliphatic rings. The normalized spacial score (nSPS) is 17.2. The Kier molecular flexibility index (Phi) is 6.41. The largest absolute Gasteiger partial charge is 0.481 e. The van der Waals surface area contributed by atoms with Crippen molar-refractivity contribution in [2.45, 2.75) is 32.2 Å². The molecule has 0 radical (unpaired) electrons. The molecule has 1 atom stereocenters. The number of nitrogens with one attached hydrogen (secondary N) is 3. The van der Waals surface area contributed by atoms with Crippen molar-refractivity contribution in [2.75, 3.05) is 26.8 Å². The van der Waals surface area contributed by atoms with Crippen LogP contribution in [0.5, 0.6) is 0 Å². The lowest BCUT2D eigenvalue weighted by molar-refractivity contribution is -0.153. The van der Waals surface area contributed by atoms with Gasteiger partial charge in [-0.05, 0) is 19.8 Å². The number of rotatable bonds is 8. The van der Waals surface area contributed by atoms with Crippen LogP contribution in [0, 0.1) is 5.41 Å². The topological polar surface area (TPSA) is 117 Å². The highest BCUT2D eigenvalue weighted by Gasteiger charge is 2.44. The summed E-state index contributed by atoms with van der Waals surface area (Å²) in [5, 5.41) is 16.7. The minimum absolute atomic E-state index is 0.0756. The van der Waals surface area contributed by atoms with Crippen molar-refractivity contribution >= 4 is 17.9 Å². The maximum Gasteiger partial charge on any atom is 0.315 e. The fourth-order valence-electron chi connectivity index (χ4n) is 2.06. The molecule has 8 heteroatoms. The molecule has 0 spiro atoms. The first-order chi connectivity index (χ1) is 9.91. The second kappa shape index (κ2) is 7.82. The molecule has 1 unspecified atom stereocenters. The van der Waals surface area contributed by atoms with Crippen LogP contribution in [0.3, 0.4) is 0 Å². The Morgan fingerprint density at radius 1 is 1.29 bits per heavy atom. The standard InChI is InChI=1S/C13H23N3O5/c1-9(10(17)14-6-7-21-2)16-12(20)15-8-13(11(18)19)4-3-5-13/h9H,3-8H2,1-2H3,(H,14,17)(H,18,19)(H2,15,16,20). The van der Waals surface area contributed by atoms with Crippen LogP contribution in [-0.4, -0.2) is 55.9 Å². The van der Waals surface area contributed by atoms with Crippen LogP contribution in [0.1, 0.15) is 26.2 Å². The summed E-state index contributed by atoms with van der Waals surface area (Å²) < 4.78 is 4.80. The second-order valence-corrected chi connectivity index (χ2v) is 5.27. The van der Waals surface area contributed by atoms with Gasteiger partial charge in [0.25, 0.3) is 0 Å². The Morgan fingerprint density at radius 3 is 2.43 bits per heavy atom. The van der Waals surface area contributed by atoms with Gasteiger partial charge in [0.05, 0.1) is 12.0 Å². The molecule has 0 bridgehead atoms. The van der Waals surface area contributed by atoms with Gasteiger partial charge in [0.1, 0.15) is 6.04 Å². The minimum Gasteiger partial charge on any atom is -0.481 e. The molecule has 4 N–H and O–H groups in total. The number of carbonyl (C=O) groups excluding carboxylic acids is 2. The van der Waals surface area contributed by atoms with Gasteiger partial charge in [-0.2, -0.15) is 0 Å². The van der Waals surface area contributed by atoms with Crippen LogP contribution in [0.15, 0.2) is 0 Å². The van der Waals surface area contributed by atoms with Crippen molar-refractivity contribution in [1.82, 2.24) is 16.0 Å². The van der Waals surface area contributed by atoms with E-state index in [0.29, 0.717) is 26.0 Å². The third kappa shape index (κ3) is 4.89. The molecule has 1 saturated carbocycles. The number of urea groups is 1. The number of carboxylic acids is 1. The highest BCUT2D eigenvalue weighted by atomic mass is 16.5. The molecule has 8 nitrogen and oxygen atoms in total. The molecular weight excluding hydrogens is 278 g/mol. The van der Waals surface area contributed by atoms with Gasteiger partial charge in [0.15, 0.2) is 0 Å². The number of hydrogen-bond donors (Lipinski definition) is 4. The molecule has 1 fully saturated rings. The van der Waals surface area contributed by atoms with Crippen molar-refractivity contribution < 1.29 is 24.2 Å². The maximum absolute atomic E-state index is 11.7. The Bertz CT molecular complexity index is 395. The van der Waals surface area contributed by atoms with E-state index in [1.165, 1.54) is 7.11 Å². The summed E-state index contributed by atoms with van der Waals surface area (Å²) in [7, 11) is 1.53. The third-order valence-electron chi connectivity index (χ3n) is 3.70. The fraction of sp³-hybridized carbons (Fsp3) is 0.769. The molecule has 21 heavy (non-hydrogen) atoms. The molecule has 0 aromatic carbocycles. The molecule has 0 aromatic rings. The third-order valence-corrected chi connectivity index (χ3v) is 3.70. The van der Waals surface area contributed by atoms with Gasteiger partial charge in [-0.1, -0.05) is 6.42 Å². The fourth-order valence-corrected chi connectivity index (χ4v) is 2.06. The monoisotopic (exact) mass is 301 g/mol. The summed E-state index contributed by atoms with van der Waals surface area (Å²) in [6.45, 7) is 2.39. The first-order valence-corrected chi connectivity index (χ1v) is 6.96. The predicted molar refractivity (Wildman–Crippen MR) is 74.8 cm³/mol. The van der Waals surface area contributed by atoms with Crippen molar-refractivity contribution in [3.63, 3.8) is 0 Å². The first-order valence-electron chi connectivity index (χ1n) is 6.96. The van der Waals surface area contributed by atoms with E-state index >= 15 is 0 Å². The lowest BCUT2D eigenvalue weighted by atomic mass is 9.69. The minimum atomic E-state index is -0.889. The zero-order valence-electron chi connectivity index (χ0n) is 12.4. The van der Waals surface area contributed by atoms with Gasteiger partial charge in [-0.25, -0.2) is 4.79 Å². The van der Waals surface area contributed by atoms with Crippen molar-refractivity contribution in [3.05, 3.63) is 0 Å². The molecule has 3 amide bonds. The van der Waals surface area contributed by atoms with Crippen LogP contribution in [0.2, 0.25) is 0 Å². The smallest absolute Gasteiger partial charge is 0.315 e. The SMILES string of the molecule is COCCNC(=O)C(C)NC(=O)NCC1(C(=O)O)CCC1. The number of amides is 3. The average Bonchev–Trinajstić information content (AvgIpc) is 2.37. The van der Waals surface area contributed by atoms with Gasteiger partial charge >= 0.3 is 12.0 Å². The quantitative estimate of drug-likeness (QED) is 0.459. The Labute approximate surface area is 123 Å². The van der Waals surface area contributed by atoms with E-state index < -0.39 is 23.5 Å². The summed E-state index contributed by atoms with van der Waals surface area (Å²) in [6, 6.07) is -1.25. The van der Waals surface area contributed by atoms with Crippen molar-refractivity contribution in [1.29, 1.82) is 0 Å². The molecule has 0 saturated heterocycles. The highest BCUT2D eigenvalue weighted by molar-refractivity contribution is 5.87. The van der Waals surface area contributed by atoms with Crippen LogP contribution < -0.4 is 16.0 Å². The van der Waals surface area contributed by atoms with Gasteiger partial charge in [0, 0.05) is 20.2 Å². The highest BCUT2D eigenvalue weighted by Crippen LogP contribution is 2.40. The Balaban J connectivity index is 2.29. The maximum atomic E-state index is 11.7. The van der Waals surface area contributed by atoms with Crippen LogP contribution in [0.4, 0.5) is 4.79 Å². The van der Waals surface area contributed by atoms with Crippen LogP contribution in [-0.2, 0) is 14.3 Å². The van der Waals surface area contributed by atoms with Crippen molar-refractivity contribution in [3.8, 4) is 0 Å². The van der Waals surface area contributed by atoms with E-state index in [1.807, 2.05) is 0 Å². The zero-order valence-corrected chi connectivity index (χ0v) is 12.4. The van der Waals surface area contributed by atoms with Crippen molar-refractivity contribution in [2.24, 2.45) is 5.41 Å². The Hall–Kier alpha value is -1.83. The summed E-state index contributed by atoms with van der Waals surface area (Å²) in [5.74, 6) is -1.21. The van der Waals surface area contributed by atoms with E-state index in [-0.39, 0.29) is 12.5 Å². The van der Waals surface area contributed by atoms with E-state index in [2.05, 4.69) is 16.0 Å². The van der Waals surface area contributed by atoms with E-state index in [9.17, 15) is 14.4 Å². The summed E-state index contributed by atoms with van der Waals surface area (Å²) in [5.41, 5.74) is -0.846. The lowest BCUT2D eigenvalue weighted by Gasteiger charge is -2.37. The molecule has 0 heterocycles. The summed E-state index contributed by atoms with van der Waals surface area (Å²) in [4.78, 5) is 34.4. The summed E-state index contributed by atoms with van der Waals surface area (Å²) in [6.07, 6.45) is 1.99. The predicted octanol–water partition coefficient (Wildman–Crippen LogP) is -0.308. The van der Waals surface area contributed by atoms with Gasteiger partial charge in [-0.3, -0.25) is 9.59 Å². The van der Waals surface area contributed by atoms with Crippen LogP contribution in [0.25, 0.3) is 0 Å². The lowest BCUT2D eigenvalue weighted by Crippen LogP contribution is -2.53. The second-order valence-electron chi connectivity index (χ2n) is 5.27. The average molecular weight is 301 g/mol. The van der Waals surface area contributed by atoms with E-state index in [1.54, 1.807) is 6.92 Å². The van der Waals surface area contributed by atoms with Crippen LogP contribution >= 0.6 is 0 Å². The number of carboxylic acid groups (broad SMARTS) is 1. The molecule has 1 rings (SSSR count). The van der Waals surface area contributed by atoms with Gasteiger partial charge in [0.2, 0.25) is 5.91 Å². The molecule has 0 aromatic heterocycles. The number of hydrogen-bond acceptors (Lipinski definition) is 4. The molecule has 120 valence electrons. The summed E-state index contributed by atoms with van der Waals surface area (Å²) >= 11 is 0. The van der Waals surface area contributed by atoms with E-state index in [4.69, 9.17) is 9.84 Å².